The van der Waals surface area contributed by atoms with Crippen LogP contribution in [0, 0.1) is 0 Å². The van der Waals surface area contributed by atoms with Crippen LogP contribution in [0.25, 0.3) is 44.3 Å². The number of pyridine rings is 3. The first-order valence-electron chi connectivity index (χ1n) is 8.83. The summed E-state index contributed by atoms with van der Waals surface area (Å²) in [4.78, 5) is 24.1. The van der Waals surface area contributed by atoms with Gasteiger partial charge in [-0.25, -0.2) is 4.98 Å². The third-order valence-corrected chi connectivity index (χ3v) is 5.33. The van der Waals surface area contributed by atoms with Crippen LogP contribution in [-0.2, 0) is 0 Å². The number of H-pyrrole nitrogens is 1. The summed E-state index contributed by atoms with van der Waals surface area (Å²) in [5.41, 5.74) is 5.21. The maximum atomic E-state index is 12.0. The van der Waals surface area contributed by atoms with E-state index in [4.69, 9.17) is 4.98 Å². The molecule has 0 aliphatic rings. The summed E-state index contributed by atoms with van der Waals surface area (Å²) in [6.45, 7) is 0. The van der Waals surface area contributed by atoms with E-state index in [1.54, 1.807) is 6.20 Å². The Morgan fingerprint density at radius 2 is 1.68 bits per heavy atom. The lowest BCUT2D eigenvalue weighted by molar-refractivity contribution is 1.22. The standard InChI is InChI=1S/C23H14BrN3O/c24-19-13-17-12-18(15-8-9-20-16(11-15)7-4-10-25-20)21(14-5-2-1-3-6-14)26-22(17)27-23(19)28/h1-13H,(H,26,27,28). The van der Waals surface area contributed by atoms with E-state index in [-0.39, 0.29) is 5.56 Å². The number of hydrogen-bond acceptors (Lipinski definition) is 3. The van der Waals surface area contributed by atoms with Gasteiger partial charge in [-0.1, -0.05) is 42.5 Å². The van der Waals surface area contributed by atoms with E-state index in [0.717, 1.165) is 38.7 Å². The van der Waals surface area contributed by atoms with Crippen molar-refractivity contribution in [1.82, 2.24) is 15.0 Å². The Morgan fingerprint density at radius 1 is 0.821 bits per heavy atom. The molecule has 5 heteroatoms. The molecule has 2 aromatic carbocycles. The molecule has 3 aromatic heterocycles. The van der Waals surface area contributed by atoms with E-state index >= 15 is 0 Å². The first-order valence-corrected chi connectivity index (χ1v) is 9.62. The van der Waals surface area contributed by atoms with Crippen molar-refractivity contribution in [2.75, 3.05) is 0 Å². The summed E-state index contributed by atoms with van der Waals surface area (Å²) in [5, 5.41) is 1.94. The predicted molar refractivity (Wildman–Crippen MR) is 116 cm³/mol. The van der Waals surface area contributed by atoms with E-state index in [1.165, 1.54) is 0 Å². The fourth-order valence-electron chi connectivity index (χ4n) is 3.39. The van der Waals surface area contributed by atoms with Gasteiger partial charge in [0.05, 0.1) is 15.7 Å². The molecule has 5 aromatic rings. The van der Waals surface area contributed by atoms with Crippen LogP contribution in [0.4, 0.5) is 0 Å². The molecule has 0 spiro atoms. The predicted octanol–water partition coefficient (Wildman–Crippen LogP) is 5.57. The van der Waals surface area contributed by atoms with E-state index in [1.807, 2.05) is 48.5 Å². The van der Waals surface area contributed by atoms with Gasteiger partial charge in [-0.3, -0.25) is 9.78 Å². The molecule has 0 aliphatic heterocycles. The van der Waals surface area contributed by atoms with Crippen LogP contribution in [-0.4, -0.2) is 15.0 Å². The molecule has 0 radical (unpaired) electrons. The van der Waals surface area contributed by atoms with Crippen LogP contribution in [0.1, 0.15) is 0 Å². The van der Waals surface area contributed by atoms with Crippen molar-refractivity contribution in [2.45, 2.75) is 0 Å². The van der Waals surface area contributed by atoms with Crippen molar-refractivity contribution in [2.24, 2.45) is 0 Å². The smallest absolute Gasteiger partial charge is 0.263 e. The lowest BCUT2D eigenvalue weighted by Crippen LogP contribution is -2.07. The largest absolute Gasteiger partial charge is 0.306 e. The van der Waals surface area contributed by atoms with Gasteiger partial charge in [0.25, 0.3) is 5.56 Å². The molecule has 0 saturated carbocycles. The van der Waals surface area contributed by atoms with Gasteiger partial charge in [0.15, 0.2) is 0 Å². The molecule has 0 bridgehead atoms. The molecule has 3 heterocycles. The van der Waals surface area contributed by atoms with Gasteiger partial charge in [-0.2, -0.15) is 0 Å². The minimum atomic E-state index is -0.191. The van der Waals surface area contributed by atoms with Crippen LogP contribution in [0.5, 0.6) is 0 Å². The van der Waals surface area contributed by atoms with Crippen LogP contribution < -0.4 is 5.56 Å². The molecular formula is C23H14BrN3O. The molecule has 28 heavy (non-hydrogen) atoms. The lowest BCUT2D eigenvalue weighted by Gasteiger charge is -2.12. The molecule has 1 N–H and O–H groups in total. The highest BCUT2D eigenvalue weighted by Gasteiger charge is 2.13. The molecule has 0 saturated heterocycles. The zero-order valence-corrected chi connectivity index (χ0v) is 16.3. The Bertz CT molecular complexity index is 1390. The first kappa shape index (κ1) is 16.8. The summed E-state index contributed by atoms with van der Waals surface area (Å²) >= 11 is 3.31. The number of aromatic amines is 1. The number of nitrogens with zero attached hydrogens (tertiary/aromatic N) is 2. The Kier molecular flexibility index (Phi) is 4.02. The monoisotopic (exact) mass is 427 g/mol. The number of halogens is 1. The minimum Gasteiger partial charge on any atom is -0.306 e. The van der Waals surface area contributed by atoms with E-state index in [2.05, 4.69) is 50.2 Å². The van der Waals surface area contributed by atoms with Crippen molar-refractivity contribution in [1.29, 1.82) is 0 Å². The normalized spacial score (nSPS) is 11.2. The Hall–Kier alpha value is -3.31. The molecular weight excluding hydrogens is 414 g/mol. The van der Waals surface area contributed by atoms with Gasteiger partial charge in [0, 0.05) is 28.1 Å². The molecule has 0 fully saturated rings. The summed E-state index contributed by atoms with van der Waals surface area (Å²) < 4.78 is 0.489. The minimum absolute atomic E-state index is 0.191. The third-order valence-electron chi connectivity index (χ3n) is 4.74. The highest BCUT2D eigenvalue weighted by molar-refractivity contribution is 9.10. The number of hydrogen-bond donors (Lipinski definition) is 1. The van der Waals surface area contributed by atoms with Gasteiger partial charge in [0.1, 0.15) is 5.65 Å². The summed E-state index contributed by atoms with van der Waals surface area (Å²) in [5.74, 6) is 0. The maximum Gasteiger partial charge on any atom is 0.263 e. The fraction of sp³-hybridized carbons (Fsp3) is 0. The Morgan fingerprint density at radius 3 is 2.54 bits per heavy atom. The average molecular weight is 428 g/mol. The highest BCUT2D eigenvalue weighted by atomic mass is 79.9. The zero-order chi connectivity index (χ0) is 19.1. The van der Waals surface area contributed by atoms with Crippen LogP contribution in [0.15, 0.2) is 88.3 Å². The van der Waals surface area contributed by atoms with Crippen molar-refractivity contribution in [3.63, 3.8) is 0 Å². The molecule has 134 valence electrons. The molecule has 0 amide bonds. The average Bonchev–Trinajstić information content (AvgIpc) is 2.74. The van der Waals surface area contributed by atoms with Gasteiger partial charge in [0.2, 0.25) is 0 Å². The number of aromatic nitrogens is 3. The maximum absolute atomic E-state index is 12.0. The second-order valence-corrected chi connectivity index (χ2v) is 7.40. The second-order valence-electron chi connectivity index (χ2n) is 6.55. The van der Waals surface area contributed by atoms with Crippen molar-refractivity contribution in [3.8, 4) is 22.4 Å². The third kappa shape index (κ3) is 2.90. The number of rotatable bonds is 2. The molecule has 0 unspecified atom stereocenters. The molecule has 4 nitrogen and oxygen atoms in total. The Balaban J connectivity index is 1.84. The quantitative estimate of drug-likeness (QED) is 0.400. The molecule has 5 rings (SSSR count). The topological polar surface area (TPSA) is 58.6 Å². The fourth-order valence-corrected chi connectivity index (χ4v) is 3.73. The van der Waals surface area contributed by atoms with E-state index in [9.17, 15) is 4.79 Å². The first-order chi connectivity index (χ1) is 13.7. The van der Waals surface area contributed by atoms with Gasteiger partial charge >= 0.3 is 0 Å². The van der Waals surface area contributed by atoms with Crippen LogP contribution in [0.2, 0.25) is 0 Å². The second kappa shape index (κ2) is 6.69. The lowest BCUT2D eigenvalue weighted by atomic mass is 9.97. The highest BCUT2D eigenvalue weighted by Crippen LogP contribution is 2.34. The van der Waals surface area contributed by atoms with Gasteiger partial charge in [-0.05, 0) is 51.8 Å². The molecule has 0 atom stereocenters. The number of nitrogens with one attached hydrogen (secondary N) is 1. The molecule has 0 aliphatic carbocycles. The summed E-state index contributed by atoms with van der Waals surface area (Å²) in [7, 11) is 0. The van der Waals surface area contributed by atoms with Crippen molar-refractivity contribution >= 4 is 37.9 Å². The van der Waals surface area contributed by atoms with Crippen LogP contribution >= 0.6 is 15.9 Å². The summed E-state index contributed by atoms with van der Waals surface area (Å²) in [6, 6.07) is 24.1. The van der Waals surface area contributed by atoms with E-state index in [0.29, 0.717) is 10.1 Å². The van der Waals surface area contributed by atoms with E-state index < -0.39 is 0 Å². The van der Waals surface area contributed by atoms with Crippen LogP contribution in [0.3, 0.4) is 0 Å². The van der Waals surface area contributed by atoms with Crippen molar-refractivity contribution < 1.29 is 0 Å². The van der Waals surface area contributed by atoms with Gasteiger partial charge < -0.3 is 4.98 Å². The van der Waals surface area contributed by atoms with Crippen molar-refractivity contribution in [3.05, 3.63) is 93.8 Å². The zero-order valence-electron chi connectivity index (χ0n) is 14.7. The van der Waals surface area contributed by atoms with Gasteiger partial charge in [-0.15, -0.1) is 0 Å². The number of benzene rings is 2. The SMILES string of the molecule is O=c1[nH]c2nc(-c3ccccc3)c(-c3ccc4ncccc4c3)cc2cc1Br. The Labute approximate surface area is 169 Å². The summed E-state index contributed by atoms with van der Waals surface area (Å²) in [6.07, 6.45) is 1.79. The number of fused-ring (bicyclic) bond motifs is 2.